The molecule has 0 saturated carbocycles. The standard InChI is InChI=1S/C11H19NO3/c1-7(2)8-6-9-10(11(13)12(8)3)15-5-4-14-9/h7-10H,4-6H2,1-3H3. The van der Waals surface area contributed by atoms with Crippen molar-refractivity contribution in [3.05, 3.63) is 0 Å². The molecule has 3 unspecified atom stereocenters. The molecule has 15 heavy (non-hydrogen) atoms. The molecular weight excluding hydrogens is 194 g/mol. The molecule has 2 aliphatic heterocycles. The summed E-state index contributed by atoms with van der Waals surface area (Å²) >= 11 is 0. The molecule has 0 aliphatic carbocycles. The molecule has 1 amide bonds. The van der Waals surface area contributed by atoms with Crippen LogP contribution < -0.4 is 0 Å². The maximum Gasteiger partial charge on any atom is 0.254 e. The number of hydrogen-bond acceptors (Lipinski definition) is 3. The summed E-state index contributed by atoms with van der Waals surface area (Å²) in [5, 5.41) is 0. The van der Waals surface area contributed by atoms with E-state index in [-0.39, 0.29) is 24.2 Å². The van der Waals surface area contributed by atoms with Gasteiger partial charge in [-0.25, -0.2) is 0 Å². The van der Waals surface area contributed by atoms with Gasteiger partial charge in [0.1, 0.15) is 0 Å². The Bertz CT molecular complexity index is 254. The summed E-state index contributed by atoms with van der Waals surface area (Å²) in [4.78, 5) is 13.8. The topological polar surface area (TPSA) is 38.8 Å². The molecule has 2 heterocycles. The third kappa shape index (κ3) is 1.88. The Kier molecular flexibility index (Phi) is 2.98. The molecule has 2 rings (SSSR count). The van der Waals surface area contributed by atoms with Crippen LogP contribution in [0.4, 0.5) is 0 Å². The first kappa shape index (κ1) is 10.9. The third-order valence-corrected chi connectivity index (χ3v) is 3.38. The van der Waals surface area contributed by atoms with Gasteiger partial charge in [0.15, 0.2) is 6.10 Å². The number of carbonyl (C=O) groups excluding carboxylic acids is 1. The van der Waals surface area contributed by atoms with E-state index in [9.17, 15) is 4.79 Å². The Hall–Kier alpha value is -0.610. The minimum absolute atomic E-state index is 0.0325. The van der Waals surface area contributed by atoms with Gasteiger partial charge < -0.3 is 14.4 Å². The summed E-state index contributed by atoms with van der Waals surface area (Å²) in [6.07, 6.45) is 0.499. The number of fused-ring (bicyclic) bond motifs is 1. The fraction of sp³-hybridized carbons (Fsp3) is 0.909. The van der Waals surface area contributed by atoms with Crippen molar-refractivity contribution in [3.63, 3.8) is 0 Å². The van der Waals surface area contributed by atoms with Gasteiger partial charge in [-0.05, 0) is 12.3 Å². The van der Waals surface area contributed by atoms with Gasteiger partial charge in [0.2, 0.25) is 0 Å². The fourth-order valence-electron chi connectivity index (χ4n) is 2.47. The molecule has 2 fully saturated rings. The monoisotopic (exact) mass is 213 g/mol. The number of nitrogens with zero attached hydrogens (tertiary/aromatic N) is 1. The van der Waals surface area contributed by atoms with E-state index in [2.05, 4.69) is 13.8 Å². The molecule has 86 valence electrons. The van der Waals surface area contributed by atoms with Crippen molar-refractivity contribution in [2.75, 3.05) is 20.3 Å². The van der Waals surface area contributed by atoms with Gasteiger partial charge in [0.25, 0.3) is 5.91 Å². The molecule has 0 aromatic heterocycles. The molecule has 4 heteroatoms. The highest BCUT2D eigenvalue weighted by Gasteiger charge is 2.43. The normalized spacial score (nSPS) is 36.9. The van der Waals surface area contributed by atoms with Crippen LogP contribution in [0.25, 0.3) is 0 Å². The molecule has 0 N–H and O–H groups in total. The Morgan fingerprint density at radius 3 is 2.67 bits per heavy atom. The zero-order chi connectivity index (χ0) is 11.0. The van der Waals surface area contributed by atoms with Crippen molar-refractivity contribution < 1.29 is 14.3 Å². The Morgan fingerprint density at radius 2 is 2.00 bits per heavy atom. The van der Waals surface area contributed by atoms with Gasteiger partial charge in [-0.3, -0.25) is 4.79 Å². The van der Waals surface area contributed by atoms with Crippen LogP contribution in [0, 0.1) is 5.92 Å². The maximum absolute atomic E-state index is 12.0. The average Bonchev–Trinajstić information content (AvgIpc) is 2.23. The van der Waals surface area contributed by atoms with Gasteiger partial charge >= 0.3 is 0 Å². The van der Waals surface area contributed by atoms with E-state index in [0.717, 1.165) is 6.42 Å². The number of amides is 1. The van der Waals surface area contributed by atoms with Gasteiger partial charge in [-0.2, -0.15) is 0 Å². The summed E-state index contributed by atoms with van der Waals surface area (Å²) < 4.78 is 11.1. The number of carbonyl (C=O) groups is 1. The van der Waals surface area contributed by atoms with Gasteiger partial charge in [-0.15, -0.1) is 0 Å². The molecule has 4 nitrogen and oxygen atoms in total. The van der Waals surface area contributed by atoms with Crippen LogP contribution in [0.2, 0.25) is 0 Å². The van der Waals surface area contributed by atoms with E-state index in [1.807, 2.05) is 11.9 Å². The van der Waals surface area contributed by atoms with E-state index in [0.29, 0.717) is 19.1 Å². The van der Waals surface area contributed by atoms with Crippen molar-refractivity contribution in [1.82, 2.24) is 4.90 Å². The molecule has 2 aliphatic rings. The lowest BCUT2D eigenvalue weighted by atomic mass is 9.89. The Balaban J connectivity index is 2.13. The van der Waals surface area contributed by atoms with Crippen molar-refractivity contribution in [1.29, 1.82) is 0 Å². The van der Waals surface area contributed by atoms with Crippen molar-refractivity contribution in [2.45, 2.75) is 38.5 Å². The third-order valence-electron chi connectivity index (χ3n) is 3.38. The number of likely N-dealkylation sites (N-methyl/N-ethyl adjacent to an activating group) is 1. The number of piperidine rings is 1. The molecule has 3 atom stereocenters. The largest absolute Gasteiger partial charge is 0.372 e. The van der Waals surface area contributed by atoms with Crippen LogP contribution in [0.5, 0.6) is 0 Å². The maximum atomic E-state index is 12.0. The SMILES string of the molecule is CC(C)C1CC2OCCOC2C(=O)N1C. The molecule has 0 bridgehead atoms. The van der Waals surface area contributed by atoms with Crippen LogP contribution in [0.3, 0.4) is 0 Å². The van der Waals surface area contributed by atoms with E-state index >= 15 is 0 Å². The number of likely N-dealkylation sites (tertiary alicyclic amines) is 1. The predicted molar refractivity (Wildman–Crippen MR) is 55.5 cm³/mol. The van der Waals surface area contributed by atoms with E-state index < -0.39 is 0 Å². The molecule has 0 spiro atoms. The molecule has 0 aromatic rings. The zero-order valence-corrected chi connectivity index (χ0v) is 9.60. The van der Waals surface area contributed by atoms with Gasteiger partial charge in [0, 0.05) is 13.1 Å². The second-order valence-electron chi connectivity index (χ2n) is 4.70. The lowest BCUT2D eigenvalue weighted by molar-refractivity contribution is -0.191. The first-order valence-electron chi connectivity index (χ1n) is 5.61. The summed E-state index contributed by atoms with van der Waals surface area (Å²) in [7, 11) is 1.86. The van der Waals surface area contributed by atoms with E-state index in [1.54, 1.807) is 0 Å². The fourth-order valence-corrected chi connectivity index (χ4v) is 2.47. The van der Waals surface area contributed by atoms with Crippen LogP contribution in [0.15, 0.2) is 0 Å². The minimum Gasteiger partial charge on any atom is -0.372 e. The quantitative estimate of drug-likeness (QED) is 0.642. The van der Waals surface area contributed by atoms with Crippen molar-refractivity contribution in [3.8, 4) is 0 Å². The first-order valence-corrected chi connectivity index (χ1v) is 5.61. The predicted octanol–water partition coefficient (Wildman–Crippen LogP) is 0.657. The molecule has 0 radical (unpaired) electrons. The highest BCUT2D eigenvalue weighted by molar-refractivity contribution is 5.82. The zero-order valence-electron chi connectivity index (χ0n) is 9.60. The van der Waals surface area contributed by atoms with E-state index in [1.165, 1.54) is 0 Å². The Morgan fingerprint density at radius 1 is 1.33 bits per heavy atom. The van der Waals surface area contributed by atoms with Crippen LogP contribution >= 0.6 is 0 Å². The second-order valence-corrected chi connectivity index (χ2v) is 4.70. The number of hydrogen-bond donors (Lipinski definition) is 0. The van der Waals surface area contributed by atoms with Crippen LogP contribution in [0.1, 0.15) is 20.3 Å². The highest BCUT2D eigenvalue weighted by atomic mass is 16.6. The molecule has 2 saturated heterocycles. The smallest absolute Gasteiger partial charge is 0.254 e. The summed E-state index contributed by atoms with van der Waals surface area (Å²) in [6.45, 7) is 5.42. The van der Waals surface area contributed by atoms with E-state index in [4.69, 9.17) is 9.47 Å². The van der Waals surface area contributed by atoms with Crippen LogP contribution in [-0.2, 0) is 14.3 Å². The molecular formula is C11H19NO3. The van der Waals surface area contributed by atoms with Crippen molar-refractivity contribution in [2.24, 2.45) is 5.92 Å². The Labute approximate surface area is 90.5 Å². The summed E-state index contributed by atoms with van der Waals surface area (Å²) in [5.74, 6) is 0.537. The average molecular weight is 213 g/mol. The lowest BCUT2D eigenvalue weighted by Crippen LogP contribution is -2.59. The van der Waals surface area contributed by atoms with Gasteiger partial charge in [-0.1, -0.05) is 13.8 Å². The molecule has 0 aromatic carbocycles. The first-order chi connectivity index (χ1) is 7.11. The van der Waals surface area contributed by atoms with Crippen molar-refractivity contribution >= 4 is 5.91 Å². The number of ether oxygens (including phenoxy) is 2. The van der Waals surface area contributed by atoms with Crippen LogP contribution in [-0.4, -0.2) is 49.3 Å². The summed E-state index contributed by atoms with van der Waals surface area (Å²) in [5.41, 5.74) is 0. The second kappa shape index (κ2) is 4.10. The lowest BCUT2D eigenvalue weighted by Gasteiger charge is -2.44. The summed E-state index contributed by atoms with van der Waals surface area (Å²) in [6, 6.07) is 0.278. The highest BCUT2D eigenvalue weighted by Crippen LogP contribution is 2.28. The minimum atomic E-state index is -0.362. The van der Waals surface area contributed by atoms with Gasteiger partial charge in [0.05, 0.1) is 19.3 Å². The number of rotatable bonds is 1.